The fourth-order valence-corrected chi connectivity index (χ4v) is 7.95. The van der Waals surface area contributed by atoms with E-state index in [9.17, 15) is 0 Å². The molecule has 0 amide bonds. The lowest BCUT2D eigenvalue weighted by atomic mass is 10.0. The van der Waals surface area contributed by atoms with Crippen LogP contribution in [0.3, 0.4) is 0 Å². The van der Waals surface area contributed by atoms with E-state index in [2.05, 4.69) is 126 Å². The molecule has 11 aromatic rings. The zero-order valence-corrected chi connectivity index (χ0v) is 27.9. The Kier molecular flexibility index (Phi) is 6.18. The topological polar surface area (TPSA) is 56.7 Å². The molecule has 11 rings (SSSR count). The maximum Gasteiger partial charge on any atom is 0.166 e. The van der Waals surface area contributed by atoms with Crippen molar-refractivity contribution in [1.29, 1.82) is 0 Å². The van der Waals surface area contributed by atoms with Crippen molar-refractivity contribution >= 4 is 65.3 Å². The molecule has 0 radical (unpaired) electrons. The Morgan fingerprint density at radius 3 is 1.90 bits per heavy atom. The van der Waals surface area contributed by atoms with Crippen LogP contribution >= 0.6 is 0 Å². The maximum atomic E-state index is 6.31. The number of hydrogen-bond donors (Lipinski definition) is 0. The molecular weight excluding hydrogens is 637 g/mol. The Labute approximate surface area is 298 Å². The average Bonchev–Trinajstić information content (AvgIpc) is 3.77. The van der Waals surface area contributed by atoms with Gasteiger partial charge in [-0.1, -0.05) is 146 Å². The van der Waals surface area contributed by atoms with Gasteiger partial charge < -0.3 is 8.98 Å². The molecule has 0 saturated carbocycles. The quantitative estimate of drug-likeness (QED) is 0.188. The van der Waals surface area contributed by atoms with Crippen LogP contribution in [0.4, 0.5) is 0 Å². The number of benzene rings is 8. The van der Waals surface area contributed by atoms with Crippen molar-refractivity contribution in [2.45, 2.75) is 0 Å². The largest absolute Gasteiger partial charge is 0.456 e. The summed E-state index contributed by atoms with van der Waals surface area (Å²) < 4.78 is 8.72. The summed E-state index contributed by atoms with van der Waals surface area (Å²) >= 11 is 0. The molecule has 0 spiro atoms. The van der Waals surface area contributed by atoms with Gasteiger partial charge in [0.25, 0.3) is 0 Å². The minimum Gasteiger partial charge on any atom is -0.456 e. The normalized spacial score (nSPS) is 11.8. The highest BCUT2D eigenvalue weighted by atomic mass is 16.3. The minimum atomic E-state index is 0.590. The number of rotatable bonds is 4. The molecule has 0 saturated heterocycles. The molecule has 242 valence electrons. The molecule has 0 atom stereocenters. The molecule has 5 heteroatoms. The Balaban J connectivity index is 1.29. The van der Waals surface area contributed by atoms with Crippen molar-refractivity contribution in [3.8, 4) is 39.9 Å². The molecule has 0 fully saturated rings. The predicted octanol–water partition coefficient (Wildman–Crippen LogP) is 12.2. The summed E-state index contributed by atoms with van der Waals surface area (Å²) in [6.45, 7) is 0. The summed E-state index contributed by atoms with van der Waals surface area (Å²) in [4.78, 5) is 15.9. The Morgan fingerprint density at radius 2 is 1.04 bits per heavy atom. The van der Waals surface area contributed by atoms with Crippen LogP contribution in [0.2, 0.25) is 0 Å². The van der Waals surface area contributed by atoms with Gasteiger partial charge in [0.05, 0.1) is 22.3 Å². The first-order valence-corrected chi connectivity index (χ1v) is 17.5. The van der Waals surface area contributed by atoms with Gasteiger partial charge in [-0.15, -0.1) is 0 Å². The highest BCUT2D eigenvalue weighted by Gasteiger charge is 2.23. The van der Waals surface area contributed by atoms with Crippen molar-refractivity contribution in [1.82, 2.24) is 19.5 Å². The monoisotopic (exact) mass is 664 g/mol. The molecule has 0 N–H and O–H groups in total. The van der Waals surface area contributed by atoms with Gasteiger partial charge in [0.2, 0.25) is 0 Å². The van der Waals surface area contributed by atoms with Crippen molar-refractivity contribution < 1.29 is 4.42 Å². The summed E-state index contributed by atoms with van der Waals surface area (Å²) in [6, 6.07) is 59.1. The highest BCUT2D eigenvalue weighted by molar-refractivity contribution is 6.19. The van der Waals surface area contributed by atoms with E-state index in [1.54, 1.807) is 0 Å². The van der Waals surface area contributed by atoms with E-state index in [-0.39, 0.29) is 0 Å². The second kappa shape index (κ2) is 11.2. The molecule has 3 heterocycles. The molecule has 0 bridgehead atoms. The van der Waals surface area contributed by atoms with Crippen LogP contribution in [0.5, 0.6) is 0 Å². The van der Waals surface area contributed by atoms with Crippen molar-refractivity contribution in [2.75, 3.05) is 0 Å². The number of para-hydroxylation sites is 2. The van der Waals surface area contributed by atoms with Crippen molar-refractivity contribution in [2.24, 2.45) is 0 Å². The Hall–Kier alpha value is -7.11. The average molecular weight is 665 g/mol. The third-order valence-electron chi connectivity index (χ3n) is 10.2. The number of hydrogen-bond acceptors (Lipinski definition) is 4. The maximum absolute atomic E-state index is 6.31. The van der Waals surface area contributed by atoms with E-state index in [1.165, 1.54) is 21.5 Å². The van der Waals surface area contributed by atoms with Crippen molar-refractivity contribution in [3.63, 3.8) is 0 Å². The fraction of sp³-hybridized carbons (Fsp3) is 0. The fourth-order valence-electron chi connectivity index (χ4n) is 7.95. The summed E-state index contributed by atoms with van der Waals surface area (Å²) in [7, 11) is 0. The van der Waals surface area contributed by atoms with Gasteiger partial charge in [-0.05, 0) is 40.4 Å². The zero-order valence-electron chi connectivity index (χ0n) is 27.9. The van der Waals surface area contributed by atoms with Crippen LogP contribution in [0, 0.1) is 0 Å². The van der Waals surface area contributed by atoms with E-state index < -0.39 is 0 Å². The molecule has 5 nitrogen and oxygen atoms in total. The number of furan rings is 1. The SMILES string of the molecule is c1ccc(-c2nc(-c3c(-n4c5ccccc5c5ccc6ccccc6c54)ccc4ccccc34)nc(-c3cccc4oc5ccccc5c34)n2)cc1. The lowest BCUT2D eigenvalue weighted by Crippen LogP contribution is -2.04. The van der Waals surface area contributed by atoms with Gasteiger partial charge in [-0.25, -0.2) is 15.0 Å². The highest BCUT2D eigenvalue weighted by Crippen LogP contribution is 2.42. The summed E-state index contributed by atoms with van der Waals surface area (Å²) in [6.07, 6.45) is 0. The second-order valence-electron chi connectivity index (χ2n) is 13.2. The zero-order chi connectivity index (χ0) is 34.2. The van der Waals surface area contributed by atoms with E-state index in [0.717, 1.165) is 66.1 Å². The summed E-state index contributed by atoms with van der Waals surface area (Å²) in [5.41, 5.74) is 7.67. The standard InChI is InChI=1S/C47H28N4O/c1-2-15-31(16-3-1)45-48-46(37-21-12-24-41-42(37)36-20-9-11-23-40(36)52-41)50-47(49-45)43-32-17-6-4-13-29(32)26-28-39(43)51-38-22-10-8-19-34(38)35-27-25-30-14-5-7-18-33(30)44(35)51/h1-28H. The van der Waals surface area contributed by atoms with Crippen LogP contribution in [-0.2, 0) is 0 Å². The van der Waals surface area contributed by atoms with E-state index in [0.29, 0.717) is 17.5 Å². The smallest absolute Gasteiger partial charge is 0.166 e. The molecule has 3 aromatic heterocycles. The van der Waals surface area contributed by atoms with Gasteiger partial charge >= 0.3 is 0 Å². The number of nitrogens with zero attached hydrogens (tertiary/aromatic N) is 4. The predicted molar refractivity (Wildman–Crippen MR) is 213 cm³/mol. The lowest BCUT2D eigenvalue weighted by Gasteiger charge is -2.17. The van der Waals surface area contributed by atoms with Crippen LogP contribution < -0.4 is 0 Å². The van der Waals surface area contributed by atoms with E-state index in [1.807, 2.05) is 48.5 Å². The molecule has 0 aliphatic heterocycles. The molecular formula is C47H28N4O. The van der Waals surface area contributed by atoms with E-state index in [4.69, 9.17) is 19.4 Å². The van der Waals surface area contributed by atoms with Gasteiger partial charge in [-0.2, -0.15) is 0 Å². The van der Waals surface area contributed by atoms with Gasteiger partial charge in [0, 0.05) is 38.1 Å². The second-order valence-corrected chi connectivity index (χ2v) is 13.2. The lowest BCUT2D eigenvalue weighted by molar-refractivity contribution is 0.669. The molecule has 0 aliphatic carbocycles. The van der Waals surface area contributed by atoms with Crippen LogP contribution in [0.25, 0.3) is 105 Å². The third-order valence-corrected chi connectivity index (χ3v) is 10.2. The Bertz CT molecular complexity index is 3190. The van der Waals surface area contributed by atoms with Gasteiger partial charge in [0.15, 0.2) is 17.5 Å². The summed E-state index contributed by atoms with van der Waals surface area (Å²) in [5.74, 6) is 1.80. The van der Waals surface area contributed by atoms with E-state index >= 15 is 0 Å². The van der Waals surface area contributed by atoms with Gasteiger partial charge in [-0.3, -0.25) is 0 Å². The molecule has 0 unspecified atom stereocenters. The first kappa shape index (κ1) is 28.7. The summed E-state index contributed by atoms with van der Waals surface area (Å²) in [5, 5.41) is 8.97. The molecule has 0 aliphatic rings. The first-order valence-electron chi connectivity index (χ1n) is 17.5. The number of fused-ring (bicyclic) bond motifs is 9. The van der Waals surface area contributed by atoms with Crippen LogP contribution in [-0.4, -0.2) is 19.5 Å². The van der Waals surface area contributed by atoms with Crippen LogP contribution in [0.15, 0.2) is 174 Å². The van der Waals surface area contributed by atoms with Gasteiger partial charge in [0.1, 0.15) is 11.2 Å². The first-order chi connectivity index (χ1) is 25.8. The third kappa shape index (κ3) is 4.26. The molecule has 8 aromatic carbocycles. The Morgan fingerprint density at radius 1 is 0.404 bits per heavy atom. The minimum absolute atomic E-state index is 0.590. The number of aromatic nitrogens is 4. The van der Waals surface area contributed by atoms with Crippen LogP contribution in [0.1, 0.15) is 0 Å². The van der Waals surface area contributed by atoms with Crippen molar-refractivity contribution in [3.05, 3.63) is 170 Å². The molecule has 52 heavy (non-hydrogen) atoms.